The lowest BCUT2D eigenvalue weighted by Gasteiger charge is -2.12. The maximum absolute atomic E-state index is 12.8. The third kappa shape index (κ3) is 3.89. The standard InChI is InChI=1S/C14H17FN2S/c1-10(7-12-3-5-13(15)6-4-12)16-9-14-17-8-11(2)18-14/h3-6,8,10,16H,7,9H2,1-2H3. The number of hydrogen-bond acceptors (Lipinski definition) is 3. The fraction of sp³-hybridized carbons (Fsp3) is 0.357. The lowest BCUT2D eigenvalue weighted by Crippen LogP contribution is -2.27. The van der Waals surface area contributed by atoms with Crippen molar-refractivity contribution in [3.63, 3.8) is 0 Å². The lowest BCUT2D eigenvalue weighted by atomic mass is 10.1. The molecule has 0 bridgehead atoms. The molecule has 1 N–H and O–H groups in total. The van der Waals surface area contributed by atoms with Crippen molar-refractivity contribution in [1.29, 1.82) is 0 Å². The van der Waals surface area contributed by atoms with Gasteiger partial charge in [-0.3, -0.25) is 0 Å². The number of benzene rings is 1. The second kappa shape index (κ2) is 6.07. The highest BCUT2D eigenvalue weighted by atomic mass is 32.1. The van der Waals surface area contributed by atoms with E-state index in [1.54, 1.807) is 11.3 Å². The Bertz CT molecular complexity index is 493. The van der Waals surface area contributed by atoms with Crippen molar-refractivity contribution in [2.45, 2.75) is 32.9 Å². The normalized spacial score (nSPS) is 12.6. The van der Waals surface area contributed by atoms with Crippen LogP contribution in [0.2, 0.25) is 0 Å². The van der Waals surface area contributed by atoms with E-state index in [0.717, 1.165) is 23.5 Å². The zero-order valence-corrected chi connectivity index (χ0v) is 11.4. The Kier molecular flexibility index (Phi) is 4.44. The third-order valence-electron chi connectivity index (χ3n) is 2.73. The van der Waals surface area contributed by atoms with Crippen LogP contribution >= 0.6 is 11.3 Å². The highest BCUT2D eigenvalue weighted by Crippen LogP contribution is 2.11. The molecule has 0 saturated heterocycles. The molecule has 1 heterocycles. The van der Waals surface area contributed by atoms with Crippen LogP contribution in [-0.2, 0) is 13.0 Å². The molecule has 0 aliphatic rings. The SMILES string of the molecule is Cc1cnc(CNC(C)Cc2ccc(F)cc2)s1. The summed E-state index contributed by atoms with van der Waals surface area (Å²) in [4.78, 5) is 5.55. The van der Waals surface area contributed by atoms with Crippen LogP contribution in [0.3, 0.4) is 0 Å². The molecule has 0 spiro atoms. The monoisotopic (exact) mass is 264 g/mol. The first-order valence-electron chi connectivity index (χ1n) is 6.02. The van der Waals surface area contributed by atoms with Gasteiger partial charge in [-0.1, -0.05) is 12.1 Å². The van der Waals surface area contributed by atoms with Crippen LogP contribution in [0.15, 0.2) is 30.5 Å². The van der Waals surface area contributed by atoms with E-state index in [2.05, 4.69) is 24.1 Å². The predicted octanol–water partition coefficient (Wildman–Crippen LogP) is 3.31. The van der Waals surface area contributed by atoms with E-state index in [1.807, 2.05) is 18.3 Å². The van der Waals surface area contributed by atoms with Gasteiger partial charge in [-0.15, -0.1) is 11.3 Å². The summed E-state index contributed by atoms with van der Waals surface area (Å²) < 4.78 is 12.8. The Morgan fingerprint density at radius 1 is 1.33 bits per heavy atom. The highest BCUT2D eigenvalue weighted by molar-refractivity contribution is 7.11. The molecular formula is C14H17FN2S. The topological polar surface area (TPSA) is 24.9 Å². The minimum atomic E-state index is -0.183. The summed E-state index contributed by atoms with van der Waals surface area (Å²) in [5, 5.41) is 4.54. The number of rotatable bonds is 5. The molecule has 0 amide bonds. The van der Waals surface area contributed by atoms with E-state index in [-0.39, 0.29) is 5.82 Å². The van der Waals surface area contributed by atoms with Crippen molar-refractivity contribution in [1.82, 2.24) is 10.3 Å². The van der Waals surface area contributed by atoms with Gasteiger partial charge < -0.3 is 5.32 Å². The van der Waals surface area contributed by atoms with Crippen LogP contribution in [-0.4, -0.2) is 11.0 Å². The minimum absolute atomic E-state index is 0.183. The predicted molar refractivity (Wildman–Crippen MR) is 73.3 cm³/mol. The van der Waals surface area contributed by atoms with Crippen LogP contribution in [0.1, 0.15) is 22.4 Å². The Balaban J connectivity index is 1.81. The molecule has 2 aromatic rings. The average molecular weight is 264 g/mol. The van der Waals surface area contributed by atoms with E-state index in [4.69, 9.17) is 0 Å². The highest BCUT2D eigenvalue weighted by Gasteiger charge is 2.05. The average Bonchev–Trinajstić information content (AvgIpc) is 2.76. The van der Waals surface area contributed by atoms with Gasteiger partial charge >= 0.3 is 0 Å². The van der Waals surface area contributed by atoms with Gasteiger partial charge in [0.2, 0.25) is 0 Å². The Hall–Kier alpha value is -1.26. The molecule has 0 radical (unpaired) electrons. The molecule has 1 aromatic carbocycles. The summed E-state index contributed by atoms with van der Waals surface area (Å²) in [6.07, 6.45) is 2.79. The number of hydrogen-bond donors (Lipinski definition) is 1. The van der Waals surface area contributed by atoms with E-state index in [1.165, 1.54) is 17.0 Å². The number of nitrogens with zero attached hydrogens (tertiary/aromatic N) is 1. The van der Waals surface area contributed by atoms with Gasteiger partial charge in [0.15, 0.2) is 0 Å². The molecule has 1 aromatic heterocycles. The van der Waals surface area contributed by atoms with Crippen LogP contribution in [0.25, 0.3) is 0 Å². The van der Waals surface area contributed by atoms with Gasteiger partial charge in [0.1, 0.15) is 10.8 Å². The van der Waals surface area contributed by atoms with Crippen LogP contribution in [0.4, 0.5) is 4.39 Å². The Labute approximate surface area is 111 Å². The number of nitrogens with one attached hydrogen (secondary N) is 1. The Morgan fingerprint density at radius 2 is 2.06 bits per heavy atom. The van der Waals surface area contributed by atoms with Gasteiger partial charge in [-0.2, -0.15) is 0 Å². The Morgan fingerprint density at radius 3 is 2.67 bits per heavy atom. The zero-order chi connectivity index (χ0) is 13.0. The second-order valence-corrected chi connectivity index (χ2v) is 5.80. The van der Waals surface area contributed by atoms with E-state index >= 15 is 0 Å². The van der Waals surface area contributed by atoms with Crippen LogP contribution < -0.4 is 5.32 Å². The van der Waals surface area contributed by atoms with Crippen LogP contribution in [0.5, 0.6) is 0 Å². The quantitative estimate of drug-likeness (QED) is 0.896. The molecule has 0 saturated carbocycles. The molecule has 0 fully saturated rings. The summed E-state index contributed by atoms with van der Waals surface area (Å²) in [6, 6.07) is 7.03. The fourth-order valence-electron chi connectivity index (χ4n) is 1.79. The van der Waals surface area contributed by atoms with Crippen LogP contribution in [0, 0.1) is 12.7 Å². The zero-order valence-electron chi connectivity index (χ0n) is 10.6. The number of aromatic nitrogens is 1. The fourth-order valence-corrected chi connectivity index (χ4v) is 2.53. The van der Waals surface area contributed by atoms with E-state index < -0.39 is 0 Å². The number of halogens is 1. The first-order valence-corrected chi connectivity index (χ1v) is 6.84. The summed E-state index contributed by atoms with van der Waals surface area (Å²) in [5.74, 6) is -0.183. The molecule has 96 valence electrons. The largest absolute Gasteiger partial charge is 0.308 e. The molecule has 1 atom stereocenters. The maximum atomic E-state index is 12.8. The molecule has 0 aliphatic carbocycles. The summed E-state index contributed by atoms with van der Waals surface area (Å²) in [6.45, 7) is 4.98. The maximum Gasteiger partial charge on any atom is 0.123 e. The minimum Gasteiger partial charge on any atom is -0.308 e. The van der Waals surface area contributed by atoms with Gasteiger partial charge in [0.25, 0.3) is 0 Å². The van der Waals surface area contributed by atoms with Crippen molar-refractivity contribution < 1.29 is 4.39 Å². The van der Waals surface area contributed by atoms with Gasteiger partial charge in [0.05, 0.1) is 0 Å². The molecule has 2 rings (SSSR count). The number of thiazole rings is 1. The molecule has 2 nitrogen and oxygen atoms in total. The second-order valence-electron chi connectivity index (χ2n) is 4.48. The van der Waals surface area contributed by atoms with Crippen molar-refractivity contribution in [2.75, 3.05) is 0 Å². The van der Waals surface area contributed by atoms with E-state index in [0.29, 0.717) is 6.04 Å². The van der Waals surface area contributed by atoms with Crippen molar-refractivity contribution in [3.8, 4) is 0 Å². The summed E-state index contributed by atoms with van der Waals surface area (Å²) >= 11 is 1.71. The smallest absolute Gasteiger partial charge is 0.123 e. The molecule has 4 heteroatoms. The molecule has 0 aliphatic heterocycles. The summed E-state index contributed by atoms with van der Waals surface area (Å²) in [7, 11) is 0. The lowest BCUT2D eigenvalue weighted by molar-refractivity contribution is 0.543. The van der Waals surface area contributed by atoms with Gasteiger partial charge in [-0.25, -0.2) is 9.37 Å². The molecule has 18 heavy (non-hydrogen) atoms. The number of aryl methyl sites for hydroxylation is 1. The first-order chi connectivity index (χ1) is 8.63. The van der Waals surface area contributed by atoms with E-state index in [9.17, 15) is 4.39 Å². The third-order valence-corrected chi connectivity index (χ3v) is 3.64. The van der Waals surface area contributed by atoms with Crippen molar-refractivity contribution in [3.05, 3.63) is 51.7 Å². The van der Waals surface area contributed by atoms with Gasteiger partial charge in [-0.05, 0) is 38.0 Å². The first kappa shape index (κ1) is 13.2. The van der Waals surface area contributed by atoms with Gasteiger partial charge in [0, 0.05) is 23.7 Å². The molecule has 1 unspecified atom stereocenters. The van der Waals surface area contributed by atoms with Crippen molar-refractivity contribution >= 4 is 11.3 Å². The van der Waals surface area contributed by atoms with Crippen molar-refractivity contribution in [2.24, 2.45) is 0 Å². The summed E-state index contributed by atoms with van der Waals surface area (Å²) in [5.41, 5.74) is 1.15. The molecular weight excluding hydrogens is 247 g/mol.